The summed E-state index contributed by atoms with van der Waals surface area (Å²) in [5, 5.41) is 9.33. The summed E-state index contributed by atoms with van der Waals surface area (Å²) in [6.07, 6.45) is -2.70. The van der Waals surface area contributed by atoms with Crippen LogP contribution in [0.15, 0.2) is 48.5 Å². The fourth-order valence-corrected chi connectivity index (χ4v) is 5.64. The van der Waals surface area contributed by atoms with E-state index in [2.05, 4.69) is 0 Å². The summed E-state index contributed by atoms with van der Waals surface area (Å²) in [5.74, 6) is -0.309. The number of rotatable bonds is 7. The summed E-state index contributed by atoms with van der Waals surface area (Å²) >= 11 is 0. The molecule has 0 aromatic heterocycles. The van der Waals surface area contributed by atoms with E-state index in [1.54, 1.807) is 23.7 Å². The standard InChI is InChI=1S/C19H21F2N2O5P/c1-27-15-6-8-16(9-7-15)29(26,28-12-18(20)21)23-11-14-5-3-2-4-13(14)10-17(23)19(24)22-25/h2-9,17-18,25H,10-12H2,1H3,(H,22,24)/t17-,29?/m1/s1. The zero-order valence-electron chi connectivity index (χ0n) is 15.6. The molecule has 0 spiro atoms. The van der Waals surface area contributed by atoms with Crippen molar-refractivity contribution in [2.75, 3.05) is 13.7 Å². The SMILES string of the molecule is COc1ccc(P(=O)(OCC(F)F)N2Cc3ccccc3C[C@@H]2C(=O)NO)cc1. The number of nitrogens with zero attached hydrogens (tertiary/aromatic N) is 1. The molecule has 10 heteroatoms. The Labute approximate surface area is 166 Å². The predicted molar refractivity (Wildman–Crippen MR) is 102 cm³/mol. The number of halogens is 2. The number of ether oxygens (including phenoxy) is 1. The highest BCUT2D eigenvalue weighted by Gasteiger charge is 2.44. The average molecular weight is 426 g/mol. The monoisotopic (exact) mass is 426 g/mol. The molecule has 1 heterocycles. The number of nitrogens with one attached hydrogen (secondary N) is 1. The van der Waals surface area contributed by atoms with Crippen molar-refractivity contribution < 1.29 is 32.6 Å². The maximum Gasteiger partial charge on any atom is 0.303 e. The summed E-state index contributed by atoms with van der Waals surface area (Å²) in [7, 11) is -2.62. The lowest BCUT2D eigenvalue weighted by atomic mass is 9.95. The van der Waals surface area contributed by atoms with Crippen LogP contribution in [-0.2, 0) is 26.8 Å². The van der Waals surface area contributed by atoms with E-state index in [1.165, 1.54) is 36.0 Å². The van der Waals surface area contributed by atoms with E-state index in [0.29, 0.717) is 5.75 Å². The normalized spacial score (nSPS) is 18.7. The summed E-state index contributed by atoms with van der Waals surface area (Å²) in [5.41, 5.74) is 3.21. The molecule has 0 bridgehead atoms. The Hall–Kier alpha value is -2.32. The molecular weight excluding hydrogens is 405 g/mol. The molecule has 0 saturated heterocycles. The minimum Gasteiger partial charge on any atom is -0.497 e. The van der Waals surface area contributed by atoms with Gasteiger partial charge >= 0.3 is 7.52 Å². The third kappa shape index (κ3) is 4.48. The number of fused-ring (bicyclic) bond motifs is 1. The molecule has 1 aliphatic heterocycles. The highest BCUT2D eigenvalue weighted by molar-refractivity contribution is 7.64. The number of hydrogen-bond acceptors (Lipinski definition) is 5. The molecule has 156 valence electrons. The molecule has 29 heavy (non-hydrogen) atoms. The van der Waals surface area contributed by atoms with E-state index in [9.17, 15) is 23.3 Å². The molecule has 1 aliphatic rings. The highest BCUT2D eigenvalue weighted by atomic mass is 31.2. The summed E-state index contributed by atoms with van der Waals surface area (Å²) in [4.78, 5) is 12.4. The first-order valence-corrected chi connectivity index (χ1v) is 10.4. The molecule has 3 rings (SSSR count). The second kappa shape index (κ2) is 9.00. The quantitative estimate of drug-likeness (QED) is 0.402. The van der Waals surface area contributed by atoms with Gasteiger partial charge in [-0.25, -0.2) is 18.9 Å². The van der Waals surface area contributed by atoms with Gasteiger partial charge in [0.25, 0.3) is 12.3 Å². The Balaban J connectivity index is 2.08. The molecule has 2 atom stereocenters. The van der Waals surface area contributed by atoms with Crippen LogP contribution in [0.4, 0.5) is 8.78 Å². The smallest absolute Gasteiger partial charge is 0.303 e. The second-order valence-electron chi connectivity index (χ2n) is 6.47. The molecule has 2 aromatic carbocycles. The van der Waals surface area contributed by atoms with Gasteiger partial charge in [0.05, 0.1) is 12.4 Å². The number of carbonyl (C=O) groups excluding carboxylic acids is 1. The van der Waals surface area contributed by atoms with Crippen molar-refractivity contribution in [1.82, 2.24) is 10.2 Å². The minimum absolute atomic E-state index is 0.0286. The van der Waals surface area contributed by atoms with Crippen LogP contribution in [0.3, 0.4) is 0 Å². The van der Waals surface area contributed by atoms with Gasteiger partial charge in [-0.15, -0.1) is 0 Å². The highest BCUT2D eigenvalue weighted by Crippen LogP contribution is 2.54. The van der Waals surface area contributed by atoms with Crippen molar-refractivity contribution in [3.63, 3.8) is 0 Å². The van der Waals surface area contributed by atoms with Crippen LogP contribution in [0, 0.1) is 0 Å². The first-order chi connectivity index (χ1) is 13.9. The van der Waals surface area contributed by atoms with Gasteiger partial charge in [-0.05, 0) is 41.8 Å². The van der Waals surface area contributed by atoms with Gasteiger partial charge in [-0.2, -0.15) is 0 Å². The van der Waals surface area contributed by atoms with Gasteiger partial charge in [-0.1, -0.05) is 24.3 Å². The largest absolute Gasteiger partial charge is 0.497 e. The van der Waals surface area contributed by atoms with Gasteiger partial charge in [0.1, 0.15) is 18.4 Å². The van der Waals surface area contributed by atoms with Gasteiger partial charge in [0, 0.05) is 6.54 Å². The Morgan fingerprint density at radius 1 is 1.24 bits per heavy atom. The topological polar surface area (TPSA) is 88.1 Å². The number of methoxy groups -OCH3 is 1. The van der Waals surface area contributed by atoms with Crippen LogP contribution in [0.2, 0.25) is 0 Å². The maximum absolute atomic E-state index is 14.0. The molecule has 2 N–H and O–H groups in total. The van der Waals surface area contributed by atoms with Gasteiger partial charge in [-0.3, -0.25) is 14.6 Å². The van der Waals surface area contributed by atoms with Gasteiger partial charge < -0.3 is 9.26 Å². The molecule has 1 amide bonds. The zero-order chi connectivity index (χ0) is 21.0. The Morgan fingerprint density at radius 2 is 1.90 bits per heavy atom. The van der Waals surface area contributed by atoms with Crippen molar-refractivity contribution in [2.45, 2.75) is 25.4 Å². The van der Waals surface area contributed by atoms with Crippen LogP contribution in [0.1, 0.15) is 11.1 Å². The minimum atomic E-state index is -4.08. The molecule has 0 radical (unpaired) electrons. The summed E-state index contributed by atoms with van der Waals surface area (Å²) in [6.45, 7) is -1.03. The number of benzene rings is 2. The van der Waals surface area contributed by atoms with E-state index < -0.39 is 32.5 Å². The fraction of sp³-hybridized carbons (Fsp3) is 0.316. The molecule has 1 unspecified atom stereocenters. The van der Waals surface area contributed by atoms with Crippen LogP contribution in [-0.4, -0.2) is 42.0 Å². The lowest BCUT2D eigenvalue weighted by Crippen LogP contribution is -2.49. The van der Waals surface area contributed by atoms with E-state index >= 15 is 0 Å². The second-order valence-corrected chi connectivity index (χ2v) is 8.80. The van der Waals surface area contributed by atoms with Crippen LogP contribution in [0.25, 0.3) is 0 Å². The first kappa shape index (κ1) is 21.4. The molecule has 2 aromatic rings. The molecule has 7 nitrogen and oxygen atoms in total. The van der Waals surface area contributed by atoms with Crippen molar-refractivity contribution in [3.05, 3.63) is 59.7 Å². The number of carbonyl (C=O) groups is 1. The van der Waals surface area contributed by atoms with Crippen LogP contribution >= 0.6 is 7.52 Å². The molecule has 0 aliphatic carbocycles. The number of hydrogen-bond donors (Lipinski definition) is 2. The van der Waals surface area contributed by atoms with Crippen molar-refractivity contribution in [3.8, 4) is 5.75 Å². The van der Waals surface area contributed by atoms with E-state index in [-0.39, 0.29) is 18.3 Å². The Kier molecular flexibility index (Phi) is 6.64. The van der Waals surface area contributed by atoms with Gasteiger partial charge in [0.2, 0.25) is 0 Å². The fourth-order valence-electron chi connectivity index (χ4n) is 3.31. The van der Waals surface area contributed by atoms with E-state index in [4.69, 9.17) is 9.26 Å². The summed E-state index contributed by atoms with van der Waals surface area (Å²) in [6, 6.07) is 12.1. The average Bonchev–Trinajstić information content (AvgIpc) is 2.76. The van der Waals surface area contributed by atoms with Crippen molar-refractivity contribution >= 4 is 18.7 Å². The van der Waals surface area contributed by atoms with Gasteiger partial charge in [0.15, 0.2) is 0 Å². The number of amides is 1. The molecule has 0 fully saturated rings. The van der Waals surface area contributed by atoms with E-state index in [1.807, 2.05) is 6.07 Å². The Morgan fingerprint density at radius 3 is 2.48 bits per heavy atom. The number of hydroxylamine groups is 1. The first-order valence-electron chi connectivity index (χ1n) is 8.84. The lowest BCUT2D eigenvalue weighted by Gasteiger charge is -2.39. The maximum atomic E-state index is 14.0. The lowest BCUT2D eigenvalue weighted by molar-refractivity contribution is -0.133. The zero-order valence-corrected chi connectivity index (χ0v) is 16.5. The third-order valence-corrected chi connectivity index (χ3v) is 7.30. The third-order valence-electron chi connectivity index (χ3n) is 4.75. The Bertz CT molecular complexity index is 910. The van der Waals surface area contributed by atoms with Crippen LogP contribution < -0.4 is 15.5 Å². The van der Waals surface area contributed by atoms with Crippen molar-refractivity contribution in [1.29, 1.82) is 0 Å². The van der Waals surface area contributed by atoms with E-state index in [0.717, 1.165) is 11.1 Å². The predicted octanol–water partition coefficient (Wildman–Crippen LogP) is 2.73. The van der Waals surface area contributed by atoms with Crippen molar-refractivity contribution in [2.24, 2.45) is 0 Å². The summed E-state index contributed by atoms with van der Waals surface area (Å²) < 4.78 is 51.4. The molecule has 0 saturated carbocycles. The van der Waals surface area contributed by atoms with Crippen LogP contribution in [0.5, 0.6) is 5.75 Å². The number of alkyl halides is 2. The molecular formula is C19H21F2N2O5P.